The maximum absolute atomic E-state index is 5.81. The summed E-state index contributed by atoms with van der Waals surface area (Å²) in [5.41, 5.74) is 1.17. The van der Waals surface area contributed by atoms with Crippen LogP contribution in [0.1, 0.15) is 5.56 Å². The summed E-state index contributed by atoms with van der Waals surface area (Å²) in [6, 6.07) is 18.0. The number of quaternary nitrogens is 1. The van der Waals surface area contributed by atoms with E-state index < -0.39 is 0 Å². The fourth-order valence-corrected chi connectivity index (χ4v) is 2.60. The maximum atomic E-state index is 5.81. The van der Waals surface area contributed by atoms with Crippen LogP contribution in [-0.2, 0) is 11.3 Å². The third-order valence-electron chi connectivity index (χ3n) is 4.00. The number of nitrogens with one attached hydrogen (secondary N) is 1. The lowest BCUT2D eigenvalue weighted by atomic mass is 10.2. The number of ether oxygens (including phenoxy) is 3. The Morgan fingerprint density at radius 2 is 1.48 bits per heavy atom. The van der Waals surface area contributed by atoms with Gasteiger partial charge in [-0.3, -0.25) is 0 Å². The second-order valence-corrected chi connectivity index (χ2v) is 5.71. The molecule has 1 aliphatic heterocycles. The monoisotopic (exact) mass is 314 g/mol. The van der Waals surface area contributed by atoms with Crippen molar-refractivity contribution in [2.24, 2.45) is 0 Å². The first-order chi connectivity index (χ1) is 11.4. The summed E-state index contributed by atoms with van der Waals surface area (Å²) < 4.78 is 16.9. The van der Waals surface area contributed by atoms with Crippen LogP contribution in [0.15, 0.2) is 54.6 Å². The Morgan fingerprint density at radius 3 is 2.17 bits per heavy atom. The van der Waals surface area contributed by atoms with E-state index in [1.807, 2.05) is 42.5 Å². The quantitative estimate of drug-likeness (QED) is 0.842. The molecule has 0 amide bonds. The van der Waals surface area contributed by atoms with E-state index in [4.69, 9.17) is 14.2 Å². The van der Waals surface area contributed by atoms with Crippen molar-refractivity contribution < 1.29 is 19.1 Å². The van der Waals surface area contributed by atoms with Gasteiger partial charge in [0.05, 0.1) is 13.2 Å². The van der Waals surface area contributed by atoms with Gasteiger partial charge in [0, 0.05) is 0 Å². The molecule has 1 fully saturated rings. The van der Waals surface area contributed by atoms with E-state index in [0.717, 1.165) is 51.0 Å². The number of benzene rings is 2. The van der Waals surface area contributed by atoms with E-state index >= 15 is 0 Å². The minimum Gasteiger partial charge on any atom is -0.489 e. The molecule has 3 rings (SSSR count). The third kappa shape index (κ3) is 5.27. The molecule has 0 radical (unpaired) electrons. The molecule has 1 saturated heterocycles. The summed E-state index contributed by atoms with van der Waals surface area (Å²) >= 11 is 0. The van der Waals surface area contributed by atoms with Crippen LogP contribution in [0.3, 0.4) is 0 Å². The summed E-state index contributed by atoms with van der Waals surface area (Å²) in [7, 11) is 0. The molecule has 0 bridgehead atoms. The summed E-state index contributed by atoms with van der Waals surface area (Å²) in [5.74, 6) is 1.75. The summed E-state index contributed by atoms with van der Waals surface area (Å²) in [5, 5.41) is 0. The van der Waals surface area contributed by atoms with Crippen LogP contribution in [0.4, 0.5) is 0 Å². The van der Waals surface area contributed by atoms with E-state index in [2.05, 4.69) is 12.1 Å². The summed E-state index contributed by atoms with van der Waals surface area (Å²) in [6.45, 7) is 6.23. The molecule has 0 unspecified atom stereocenters. The van der Waals surface area contributed by atoms with E-state index in [1.165, 1.54) is 5.56 Å². The predicted octanol–water partition coefficient (Wildman–Crippen LogP) is 1.56. The summed E-state index contributed by atoms with van der Waals surface area (Å²) in [6.07, 6.45) is 0. The number of rotatable bonds is 7. The molecule has 23 heavy (non-hydrogen) atoms. The zero-order valence-electron chi connectivity index (χ0n) is 13.4. The molecule has 122 valence electrons. The molecule has 1 heterocycles. The van der Waals surface area contributed by atoms with Crippen molar-refractivity contribution in [1.29, 1.82) is 0 Å². The van der Waals surface area contributed by atoms with Crippen LogP contribution in [-0.4, -0.2) is 39.5 Å². The van der Waals surface area contributed by atoms with E-state index in [-0.39, 0.29) is 0 Å². The SMILES string of the molecule is c1ccc(COc2ccc(OCC[NH+]3CCOCC3)cc2)cc1. The summed E-state index contributed by atoms with van der Waals surface area (Å²) in [4.78, 5) is 1.55. The van der Waals surface area contributed by atoms with Gasteiger partial charge in [0.1, 0.15) is 44.3 Å². The normalized spacial score (nSPS) is 15.3. The fourth-order valence-electron chi connectivity index (χ4n) is 2.60. The lowest BCUT2D eigenvalue weighted by Gasteiger charge is -2.23. The topological polar surface area (TPSA) is 32.1 Å². The minimum atomic E-state index is 0.585. The molecule has 1 N–H and O–H groups in total. The van der Waals surface area contributed by atoms with Crippen LogP contribution in [0.5, 0.6) is 11.5 Å². The van der Waals surface area contributed by atoms with Crippen molar-refractivity contribution in [3.05, 3.63) is 60.2 Å². The van der Waals surface area contributed by atoms with Gasteiger partial charge in [-0.05, 0) is 29.8 Å². The van der Waals surface area contributed by atoms with Crippen molar-refractivity contribution in [3.8, 4) is 11.5 Å². The molecular weight excluding hydrogens is 290 g/mol. The molecule has 0 aliphatic carbocycles. The van der Waals surface area contributed by atoms with Crippen molar-refractivity contribution in [1.82, 2.24) is 0 Å². The molecule has 4 heteroatoms. The van der Waals surface area contributed by atoms with Gasteiger partial charge in [0.2, 0.25) is 0 Å². The van der Waals surface area contributed by atoms with Crippen molar-refractivity contribution >= 4 is 0 Å². The highest BCUT2D eigenvalue weighted by Gasteiger charge is 2.13. The number of hydrogen-bond acceptors (Lipinski definition) is 3. The molecule has 0 spiro atoms. The van der Waals surface area contributed by atoms with Crippen molar-refractivity contribution in [3.63, 3.8) is 0 Å². The first-order valence-electron chi connectivity index (χ1n) is 8.21. The second-order valence-electron chi connectivity index (χ2n) is 5.71. The highest BCUT2D eigenvalue weighted by molar-refractivity contribution is 5.31. The lowest BCUT2D eigenvalue weighted by molar-refractivity contribution is -0.908. The van der Waals surface area contributed by atoms with Crippen LogP contribution in [0.2, 0.25) is 0 Å². The standard InChI is InChI=1S/C19H23NO3/c1-2-4-17(5-3-1)16-23-19-8-6-18(7-9-19)22-15-12-20-10-13-21-14-11-20/h1-9H,10-16H2/p+1. The van der Waals surface area contributed by atoms with Gasteiger partial charge in [-0.1, -0.05) is 30.3 Å². The number of hydrogen-bond donors (Lipinski definition) is 1. The van der Waals surface area contributed by atoms with E-state index in [1.54, 1.807) is 4.90 Å². The van der Waals surface area contributed by atoms with Gasteiger partial charge in [-0.2, -0.15) is 0 Å². The van der Waals surface area contributed by atoms with Crippen LogP contribution < -0.4 is 14.4 Å². The van der Waals surface area contributed by atoms with Gasteiger partial charge >= 0.3 is 0 Å². The smallest absolute Gasteiger partial charge is 0.137 e. The molecular formula is C19H24NO3+. The maximum Gasteiger partial charge on any atom is 0.137 e. The Balaban J connectivity index is 1.40. The first-order valence-corrected chi connectivity index (χ1v) is 8.21. The highest BCUT2D eigenvalue weighted by Crippen LogP contribution is 2.18. The zero-order valence-corrected chi connectivity index (χ0v) is 13.4. The Hall–Kier alpha value is -2.04. The van der Waals surface area contributed by atoms with Gasteiger partial charge < -0.3 is 19.1 Å². The Kier molecular flexibility index (Phi) is 5.89. The van der Waals surface area contributed by atoms with Crippen LogP contribution >= 0.6 is 0 Å². The molecule has 0 aromatic heterocycles. The Morgan fingerprint density at radius 1 is 0.826 bits per heavy atom. The second kappa shape index (κ2) is 8.56. The molecule has 1 aliphatic rings. The molecule has 2 aromatic rings. The average molecular weight is 314 g/mol. The van der Waals surface area contributed by atoms with Crippen LogP contribution in [0, 0.1) is 0 Å². The third-order valence-corrected chi connectivity index (χ3v) is 4.00. The largest absolute Gasteiger partial charge is 0.489 e. The molecule has 2 aromatic carbocycles. The Labute approximate surface area is 137 Å². The average Bonchev–Trinajstić information content (AvgIpc) is 2.63. The molecule has 0 saturated carbocycles. The fraction of sp³-hybridized carbons (Fsp3) is 0.368. The minimum absolute atomic E-state index is 0.585. The number of morpholine rings is 1. The Bertz CT molecular complexity index is 565. The lowest BCUT2D eigenvalue weighted by Crippen LogP contribution is -3.14. The van der Waals surface area contributed by atoms with Crippen molar-refractivity contribution in [2.75, 3.05) is 39.5 Å². The van der Waals surface area contributed by atoms with Gasteiger partial charge in [-0.15, -0.1) is 0 Å². The van der Waals surface area contributed by atoms with Crippen LogP contribution in [0.25, 0.3) is 0 Å². The first kappa shape index (κ1) is 15.8. The zero-order chi connectivity index (χ0) is 15.7. The van der Waals surface area contributed by atoms with Crippen molar-refractivity contribution in [2.45, 2.75) is 6.61 Å². The van der Waals surface area contributed by atoms with Gasteiger partial charge in [0.25, 0.3) is 0 Å². The predicted molar refractivity (Wildman–Crippen MR) is 89.1 cm³/mol. The van der Waals surface area contributed by atoms with E-state index in [0.29, 0.717) is 6.61 Å². The van der Waals surface area contributed by atoms with Gasteiger partial charge in [0.15, 0.2) is 0 Å². The van der Waals surface area contributed by atoms with Gasteiger partial charge in [-0.25, -0.2) is 0 Å². The highest BCUT2D eigenvalue weighted by atomic mass is 16.5. The van der Waals surface area contributed by atoms with E-state index in [9.17, 15) is 0 Å². The molecule has 4 nitrogen and oxygen atoms in total. The molecule has 0 atom stereocenters.